The molecule has 1 aromatic heterocycles. The van der Waals surface area contributed by atoms with Crippen molar-refractivity contribution < 1.29 is 13.9 Å². The molecule has 3 rings (SSSR count). The number of hydrogen-bond donors (Lipinski definition) is 0. The number of furan rings is 1. The van der Waals surface area contributed by atoms with Crippen LogP contribution >= 0.6 is 27.5 Å². The molecule has 0 aliphatic rings. The zero-order valence-electron chi connectivity index (χ0n) is 11.0. The van der Waals surface area contributed by atoms with E-state index in [1.54, 1.807) is 37.4 Å². The van der Waals surface area contributed by atoms with Crippen molar-refractivity contribution in [1.29, 1.82) is 0 Å². The van der Waals surface area contributed by atoms with Crippen LogP contribution in [0.4, 0.5) is 0 Å². The summed E-state index contributed by atoms with van der Waals surface area (Å²) in [5, 5.41) is 1.29. The van der Waals surface area contributed by atoms with Crippen LogP contribution in [-0.4, -0.2) is 12.9 Å². The van der Waals surface area contributed by atoms with E-state index in [0.717, 1.165) is 5.39 Å². The van der Waals surface area contributed by atoms with E-state index in [4.69, 9.17) is 20.8 Å². The molecular weight excluding hydrogens is 356 g/mol. The van der Waals surface area contributed by atoms with Gasteiger partial charge < -0.3 is 9.15 Å². The summed E-state index contributed by atoms with van der Waals surface area (Å²) in [6, 6.07) is 12.2. The number of methoxy groups -OCH3 is 1. The molecule has 0 aliphatic carbocycles. The third-order valence-electron chi connectivity index (χ3n) is 3.13. The normalized spacial score (nSPS) is 10.8. The van der Waals surface area contributed by atoms with Crippen molar-refractivity contribution in [1.82, 2.24) is 0 Å². The zero-order valence-corrected chi connectivity index (χ0v) is 13.4. The highest BCUT2D eigenvalue weighted by Crippen LogP contribution is 2.30. The average Bonchev–Trinajstić information content (AvgIpc) is 2.92. The summed E-state index contributed by atoms with van der Waals surface area (Å²) in [7, 11) is 1.57. The molecule has 106 valence electrons. The van der Waals surface area contributed by atoms with Crippen molar-refractivity contribution >= 4 is 44.3 Å². The third kappa shape index (κ3) is 2.57. The fraction of sp³-hybridized carbons (Fsp3) is 0.0625. The van der Waals surface area contributed by atoms with Gasteiger partial charge in [-0.15, -0.1) is 0 Å². The van der Waals surface area contributed by atoms with Gasteiger partial charge in [-0.2, -0.15) is 0 Å². The maximum absolute atomic E-state index is 12.5. The molecule has 0 saturated carbocycles. The molecule has 0 saturated heterocycles. The molecule has 0 spiro atoms. The summed E-state index contributed by atoms with van der Waals surface area (Å²) in [6.45, 7) is 0. The van der Waals surface area contributed by atoms with Crippen LogP contribution in [0.25, 0.3) is 11.0 Å². The van der Waals surface area contributed by atoms with Crippen molar-refractivity contribution in [2.75, 3.05) is 7.11 Å². The number of rotatable bonds is 3. The predicted molar refractivity (Wildman–Crippen MR) is 85.4 cm³/mol. The summed E-state index contributed by atoms with van der Waals surface area (Å²) < 4.78 is 11.4. The van der Waals surface area contributed by atoms with Crippen molar-refractivity contribution in [3.63, 3.8) is 0 Å². The van der Waals surface area contributed by atoms with Gasteiger partial charge in [0.15, 0.2) is 11.3 Å². The quantitative estimate of drug-likeness (QED) is 0.607. The van der Waals surface area contributed by atoms with Crippen molar-refractivity contribution in [2.45, 2.75) is 0 Å². The number of halogens is 2. The largest absolute Gasteiger partial charge is 0.496 e. The first-order valence-corrected chi connectivity index (χ1v) is 7.33. The lowest BCUT2D eigenvalue weighted by molar-refractivity contribution is 0.101. The van der Waals surface area contributed by atoms with Crippen LogP contribution < -0.4 is 4.74 Å². The van der Waals surface area contributed by atoms with Crippen LogP contribution in [0.15, 0.2) is 51.4 Å². The Morgan fingerprint density at radius 3 is 2.71 bits per heavy atom. The van der Waals surface area contributed by atoms with Crippen molar-refractivity contribution in [2.24, 2.45) is 0 Å². The molecule has 0 aliphatic heterocycles. The van der Waals surface area contributed by atoms with Crippen LogP contribution in [0.1, 0.15) is 16.1 Å². The second-order valence-electron chi connectivity index (χ2n) is 4.45. The van der Waals surface area contributed by atoms with Gasteiger partial charge >= 0.3 is 0 Å². The van der Waals surface area contributed by atoms with Crippen LogP contribution in [0.5, 0.6) is 5.75 Å². The van der Waals surface area contributed by atoms with Gasteiger partial charge in [-0.25, -0.2) is 0 Å². The van der Waals surface area contributed by atoms with Crippen LogP contribution in [0.3, 0.4) is 0 Å². The molecule has 5 heteroatoms. The maximum Gasteiger partial charge on any atom is 0.228 e. The maximum atomic E-state index is 12.5. The van der Waals surface area contributed by atoms with Gasteiger partial charge in [-0.3, -0.25) is 4.79 Å². The fourth-order valence-electron chi connectivity index (χ4n) is 2.09. The molecule has 2 aromatic carbocycles. The molecule has 1 heterocycles. The van der Waals surface area contributed by atoms with E-state index in [1.165, 1.54) is 0 Å². The number of para-hydroxylation sites is 1. The van der Waals surface area contributed by atoms with Crippen molar-refractivity contribution in [3.8, 4) is 5.75 Å². The molecule has 0 atom stereocenters. The van der Waals surface area contributed by atoms with E-state index in [2.05, 4.69) is 15.9 Å². The second kappa shape index (κ2) is 5.54. The van der Waals surface area contributed by atoms with E-state index in [9.17, 15) is 4.79 Å². The second-order valence-corrected chi connectivity index (χ2v) is 5.71. The molecule has 0 bridgehead atoms. The standard InChI is InChI=1S/C16H10BrClO3/c1-20-13-6-5-9(7-11(13)17)15(19)14-8-10-3-2-4-12(18)16(10)21-14/h2-8H,1H3. The SMILES string of the molecule is COc1ccc(C(=O)c2cc3cccc(Cl)c3o2)cc1Br. The smallest absolute Gasteiger partial charge is 0.228 e. The Kier molecular flexibility index (Phi) is 3.74. The summed E-state index contributed by atoms with van der Waals surface area (Å²) in [6.07, 6.45) is 0. The lowest BCUT2D eigenvalue weighted by Crippen LogP contribution is -1.99. The van der Waals surface area contributed by atoms with Gasteiger partial charge in [0.1, 0.15) is 5.75 Å². The number of ether oxygens (including phenoxy) is 1. The highest BCUT2D eigenvalue weighted by Gasteiger charge is 2.17. The molecule has 3 nitrogen and oxygen atoms in total. The van der Waals surface area contributed by atoms with E-state index >= 15 is 0 Å². The van der Waals surface area contributed by atoms with Gasteiger partial charge in [0.05, 0.1) is 16.6 Å². The van der Waals surface area contributed by atoms with Crippen LogP contribution in [0, 0.1) is 0 Å². The molecule has 0 radical (unpaired) electrons. The van der Waals surface area contributed by atoms with Gasteiger partial charge in [0, 0.05) is 10.9 Å². The first kappa shape index (κ1) is 14.2. The van der Waals surface area contributed by atoms with E-state index < -0.39 is 0 Å². The Bertz CT molecular complexity index is 839. The van der Waals surface area contributed by atoms with Gasteiger partial charge in [-0.1, -0.05) is 23.7 Å². The van der Waals surface area contributed by atoms with E-state index in [1.807, 2.05) is 12.1 Å². The minimum absolute atomic E-state index is 0.203. The first-order chi connectivity index (χ1) is 10.1. The Morgan fingerprint density at radius 1 is 1.24 bits per heavy atom. The average molecular weight is 366 g/mol. The Labute approximate surface area is 134 Å². The highest BCUT2D eigenvalue weighted by atomic mass is 79.9. The van der Waals surface area contributed by atoms with Gasteiger partial charge in [0.2, 0.25) is 5.78 Å². The Hall–Kier alpha value is -1.78. The van der Waals surface area contributed by atoms with Crippen LogP contribution in [-0.2, 0) is 0 Å². The molecule has 0 amide bonds. The summed E-state index contributed by atoms with van der Waals surface area (Å²) in [5.74, 6) is 0.722. The van der Waals surface area contributed by atoms with Crippen LogP contribution in [0.2, 0.25) is 5.02 Å². The van der Waals surface area contributed by atoms with Gasteiger partial charge in [0.25, 0.3) is 0 Å². The Morgan fingerprint density at radius 2 is 2.05 bits per heavy atom. The third-order valence-corrected chi connectivity index (χ3v) is 4.05. The summed E-state index contributed by atoms with van der Waals surface area (Å²) >= 11 is 9.42. The zero-order chi connectivity index (χ0) is 15.0. The number of ketones is 1. The lowest BCUT2D eigenvalue weighted by atomic mass is 10.1. The minimum Gasteiger partial charge on any atom is -0.496 e. The van der Waals surface area contributed by atoms with Gasteiger partial charge in [-0.05, 0) is 46.3 Å². The number of fused-ring (bicyclic) bond motifs is 1. The number of carbonyl (C=O) groups is 1. The fourth-order valence-corrected chi connectivity index (χ4v) is 2.85. The Balaban J connectivity index is 2.04. The molecule has 0 N–H and O–H groups in total. The van der Waals surface area contributed by atoms with Crippen molar-refractivity contribution in [3.05, 3.63) is 63.3 Å². The van der Waals surface area contributed by atoms with E-state index in [0.29, 0.717) is 26.4 Å². The molecule has 0 unspecified atom stereocenters. The number of benzene rings is 2. The van der Waals surface area contributed by atoms with E-state index in [-0.39, 0.29) is 11.5 Å². The molecular formula is C16H10BrClO3. The minimum atomic E-state index is -0.203. The topological polar surface area (TPSA) is 39.4 Å². The molecule has 3 aromatic rings. The summed E-state index contributed by atoms with van der Waals surface area (Å²) in [4.78, 5) is 12.5. The monoisotopic (exact) mass is 364 g/mol. The lowest BCUT2D eigenvalue weighted by Gasteiger charge is -2.04. The molecule has 0 fully saturated rings. The number of carbonyl (C=O) groups excluding carboxylic acids is 1. The molecule has 21 heavy (non-hydrogen) atoms. The summed E-state index contributed by atoms with van der Waals surface area (Å²) in [5.41, 5.74) is 1.04. The highest BCUT2D eigenvalue weighted by molar-refractivity contribution is 9.10. The first-order valence-electron chi connectivity index (χ1n) is 6.16. The number of hydrogen-bond acceptors (Lipinski definition) is 3. The predicted octanol–water partition coefficient (Wildman–Crippen LogP) is 5.09.